The van der Waals surface area contributed by atoms with E-state index in [4.69, 9.17) is 0 Å². The molecule has 1 N–H and O–H groups in total. The van der Waals surface area contributed by atoms with Crippen LogP contribution in [0.15, 0.2) is 0 Å². The second-order valence-corrected chi connectivity index (χ2v) is 8.76. The smallest absolute Gasteiger partial charge is 0.308 e. The summed E-state index contributed by atoms with van der Waals surface area (Å²) in [5, 5.41) is 9.67. The van der Waals surface area contributed by atoms with Crippen LogP contribution in [0.5, 0.6) is 0 Å². The Labute approximate surface area is 129 Å². The van der Waals surface area contributed by atoms with Crippen molar-refractivity contribution in [1.82, 2.24) is 4.90 Å². The van der Waals surface area contributed by atoms with Crippen LogP contribution in [-0.2, 0) is 4.79 Å². The van der Waals surface area contributed by atoms with Crippen molar-refractivity contribution in [2.45, 2.75) is 77.8 Å². The predicted octanol–water partition coefficient (Wildman–Crippen LogP) is 3.78. The van der Waals surface area contributed by atoms with Crippen LogP contribution in [0.2, 0.25) is 0 Å². The molecule has 0 aliphatic heterocycles. The molecular weight excluding hydrogens is 262 g/mol. The average Bonchev–Trinajstić information content (AvgIpc) is 3.25. The fourth-order valence-electron chi connectivity index (χ4n) is 4.15. The number of hydrogen-bond donors (Lipinski definition) is 1. The van der Waals surface area contributed by atoms with Crippen molar-refractivity contribution in [1.29, 1.82) is 0 Å². The van der Waals surface area contributed by atoms with Gasteiger partial charge in [-0.15, -0.1) is 0 Å². The quantitative estimate of drug-likeness (QED) is 0.838. The van der Waals surface area contributed by atoms with Gasteiger partial charge in [-0.1, -0.05) is 20.8 Å². The highest BCUT2D eigenvalue weighted by Crippen LogP contribution is 2.45. The standard InChI is InChI=1S/C18H31NO2/c1-18(2,3)13-6-9-15(17(20)21)16(10-13)19(14-7-8-14)11-12-4-5-12/h12-16H,4-11H2,1-3H3,(H,20,21). The Hall–Kier alpha value is -0.570. The molecule has 21 heavy (non-hydrogen) atoms. The molecule has 3 saturated carbocycles. The summed E-state index contributed by atoms with van der Waals surface area (Å²) in [6, 6.07) is 0.977. The van der Waals surface area contributed by atoms with E-state index in [0.717, 1.165) is 31.7 Å². The number of hydrogen-bond acceptors (Lipinski definition) is 2. The third-order valence-electron chi connectivity index (χ3n) is 5.97. The maximum Gasteiger partial charge on any atom is 0.308 e. The SMILES string of the molecule is CC(C)(C)C1CCC(C(=O)O)C(N(CC2CC2)C2CC2)C1. The molecule has 3 atom stereocenters. The molecule has 3 rings (SSSR count). The van der Waals surface area contributed by atoms with Gasteiger partial charge in [0.1, 0.15) is 0 Å². The Morgan fingerprint density at radius 3 is 2.24 bits per heavy atom. The molecule has 0 aromatic heterocycles. The highest BCUT2D eigenvalue weighted by atomic mass is 16.4. The van der Waals surface area contributed by atoms with Crippen molar-refractivity contribution in [2.24, 2.45) is 23.2 Å². The van der Waals surface area contributed by atoms with Crippen LogP contribution in [0.3, 0.4) is 0 Å². The molecule has 3 aliphatic rings. The van der Waals surface area contributed by atoms with Crippen LogP contribution < -0.4 is 0 Å². The van der Waals surface area contributed by atoms with E-state index in [1.54, 1.807) is 0 Å². The largest absolute Gasteiger partial charge is 0.481 e. The normalized spacial score (nSPS) is 34.2. The van der Waals surface area contributed by atoms with E-state index in [-0.39, 0.29) is 12.0 Å². The molecule has 0 saturated heterocycles. The van der Waals surface area contributed by atoms with Crippen LogP contribution in [0, 0.1) is 23.2 Å². The van der Waals surface area contributed by atoms with Crippen molar-refractivity contribution in [3.05, 3.63) is 0 Å². The van der Waals surface area contributed by atoms with Crippen molar-refractivity contribution >= 4 is 5.97 Å². The summed E-state index contributed by atoms with van der Waals surface area (Å²) in [5.41, 5.74) is 0.302. The Bertz CT molecular complexity index is 393. The number of carboxylic acids is 1. The topological polar surface area (TPSA) is 40.5 Å². The molecule has 0 radical (unpaired) electrons. The van der Waals surface area contributed by atoms with E-state index in [1.807, 2.05) is 0 Å². The molecule has 3 nitrogen and oxygen atoms in total. The van der Waals surface area contributed by atoms with Crippen LogP contribution in [0.1, 0.15) is 65.7 Å². The lowest BCUT2D eigenvalue weighted by Gasteiger charge is -2.45. The van der Waals surface area contributed by atoms with Crippen molar-refractivity contribution in [2.75, 3.05) is 6.54 Å². The van der Waals surface area contributed by atoms with Gasteiger partial charge in [0.05, 0.1) is 5.92 Å². The molecule has 0 bridgehead atoms. The molecule has 0 aromatic rings. The molecule has 0 heterocycles. The van der Waals surface area contributed by atoms with Gasteiger partial charge in [0.25, 0.3) is 0 Å². The molecule has 3 fully saturated rings. The second-order valence-electron chi connectivity index (χ2n) is 8.76. The van der Waals surface area contributed by atoms with Gasteiger partial charge in [0, 0.05) is 18.6 Å². The van der Waals surface area contributed by atoms with Gasteiger partial charge in [-0.3, -0.25) is 9.69 Å². The fraction of sp³-hybridized carbons (Fsp3) is 0.944. The van der Waals surface area contributed by atoms with Gasteiger partial charge in [0.15, 0.2) is 0 Å². The van der Waals surface area contributed by atoms with E-state index >= 15 is 0 Å². The summed E-state index contributed by atoms with van der Waals surface area (Å²) < 4.78 is 0. The minimum atomic E-state index is -0.561. The zero-order valence-electron chi connectivity index (χ0n) is 13.8. The van der Waals surface area contributed by atoms with Gasteiger partial charge in [-0.25, -0.2) is 0 Å². The Balaban J connectivity index is 1.76. The van der Waals surface area contributed by atoms with Crippen molar-refractivity contribution < 1.29 is 9.90 Å². The molecule has 0 amide bonds. The van der Waals surface area contributed by atoms with Crippen LogP contribution in [-0.4, -0.2) is 34.6 Å². The van der Waals surface area contributed by atoms with Crippen LogP contribution >= 0.6 is 0 Å². The second kappa shape index (κ2) is 5.57. The van der Waals surface area contributed by atoms with E-state index in [0.29, 0.717) is 17.4 Å². The summed E-state index contributed by atoms with van der Waals surface area (Å²) in [4.78, 5) is 14.4. The third kappa shape index (κ3) is 3.61. The first-order valence-corrected chi connectivity index (χ1v) is 8.85. The molecule has 3 unspecified atom stereocenters. The molecular formula is C18H31NO2. The summed E-state index contributed by atoms with van der Waals surface area (Å²) in [6.45, 7) is 8.12. The van der Waals surface area contributed by atoms with Gasteiger partial charge in [-0.2, -0.15) is 0 Å². The van der Waals surface area contributed by atoms with Gasteiger partial charge >= 0.3 is 5.97 Å². The Morgan fingerprint density at radius 1 is 1.10 bits per heavy atom. The number of nitrogens with zero attached hydrogens (tertiary/aromatic N) is 1. The molecule has 0 spiro atoms. The van der Waals surface area contributed by atoms with E-state index in [9.17, 15) is 9.90 Å². The van der Waals surface area contributed by atoms with Gasteiger partial charge < -0.3 is 5.11 Å². The maximum absolute atomic E-state index is 11.7. The summed E-state index contributed by atoms with van der Waals surface area (Å²) in [7, 11) is 0. The highest BCUT2D eigenvalue weighted by Gasteiger charge is 2.46. The minimum Gasteiger partial charge on any atom is -0.481 e. The number of carboxylic acid groups (broad SMARTS) is 1. The lowest BCUT2D eigenvalue weighted by molar-refractivity contribution is -0.147. The highest BCUT2D eigenvalue weighted by molar-refractivity contribution is 5.71. The summed E-state index contributed by atoms with van der Waals surface area (Å²) in [6.07, 6.45) is 8.33. The van der Waals surface area contributed by atoms with E-state index in [1.165, 1.54) is 25.7 Å². The molecule has 3 heteroatoms. The molecule has 120 valence electrons. The predicted molar refractivity (Wildman–Crippen MR) is 84.2 cm³/mol. The first kappa shape index (κ1) is 15.3. The average molecular weight is 293 g/mol. The number of rotatable bonds is 5. The zero-order chi connectivity index (χ0) is 15.2. The molecule has 0 aromatic carbocycles. The van der Waals surface area contributed by atoms with E-state index < -0.39 is 5.97 Å². The summed E-state index contributed by atoms with van der Waals surface area (Å²) >= 11 is 0. The van der Waals surface area contributed by atoms with Crippen molar-refractivity contribution in [3.8, 4) is 0 Å². The monoisotopic (exact) mass is 293 g/mol. The lowest BCUT2D eigenvalue weighted by Crippen LogP contribution is -2.50. The zero-order valence-corrected chi connectivity index (χ0v) is 13.8. The molecule has 3 aliphatic carbocycles. The van der Waals surface area contributed by atoms with Crippen LogP contribution in [0.25, 0.3) is 0 Å². The number of aliphatic carboxylic acids is 1. The fourth-order valence-corrected chi connectivity index (χ4v) is 4.15. The lowest BCUT2D eigenvalue weighted by atomic mass is 9.67. The van der Waals surface area contributed by atoms with Crippen molar-refractivity contribution in [3.63, 3.8) is 0 Å². The first-order valence-electron chi connectivity index (χ1n) is 8.85. The Morgan fingerprint density at radius 2 is 1.76 bits per heavy atom. The van der Waals surface area contributed by atoms with E-state index in [2.05, 4.69) is 25.7 Å². The number of carbonyl (C=O) groups is 1. The van der Waals surface area contributed by atoms with Gasteiger partial charge in [0.2, 0.25) is 0 Å². The third-order valence-corrected chi connectivity index (χ3v) is 5.97. The maximum atomic E-state index is 11.7. The first-order chi connectivity index (χ1) is 9.86. The Kier molecular flexibility index (Phi) is 4.06. The summed E-state index contributed by atoms with van der Waals surface area (Å²) in [5.74, 6) is 0.824. The van der Waals surface area contributed by atoms with Crippen LogP contribution in [0.4, 0.5) is 0 Å². The van der Waals surface area contributed by atoms with Gasteiger partial charge in [-0.05, 0) is 62.2 Å². The minimum absolute atomic E-state index is 0.136.